The van der Waals surface area contributed by atoms with Gasteiger partial charge in [-0.3, -0.25) is 0 Å². The van der Waals surface area contributed by atoms with Gasteiger partial charge in [-0.2, -0.15) is 0 Å². The summed E-state index contributed by atoms with van der Waals surface area (Å²) in [5, 5.41) is 18.3. The monoisotopic (exact) mass is 195 g/mol. The van der Waals surface area contributed by atoms with Crippen LogP contribution in [0.25, 0.3) is 0 Å². The quantitative estimate of drug-likeness (QED) is 0.763. The number of aromatic hydroxyl groups is 1. The van der Waals surface area contributed by atoms with Gasteiger partial charge in [0.25, 0.3) is 0 Å². The number of carboxylic acids is 1. The van der Waals surface area contributed by atoms with E-state index in [1.165, 1.54) is 11.0 Å². The first-order valence-electron chi connectivity index (χ1n) is 4.27. The second-order valence-electron chi connectivity index (χ2n) is 3.11. The van der Waals surface area contributed by atoms with Crippen LogP contribution in [0.4, 0.5) is 5.69 Å². The number of benzene rings is 1. The van der Waals surface area contributed by atoms with E-state index in [-0.39, 0.29) is 5.75 Å². The molecule has 0 amide bonds. The molecule has 0 aliphatic heterocycles. The van der Waals surface area contributed by atoms with Crippen LogP contribution in [0.3, 0.4) is 0 Å². The zero-order valence-electron chi connectivity index (χ0n) is 8.14. The Morgan fingerprint density at radius 3 is 2.50 bits per heavy atom. The number of aliphatic carboxylic acids is 1. The lowest BCUT2D eigenvalue weighted by Crippen LogP contribution is -2.35. The molecule has 0 aliphatic rings. The van der Waals surface area contributed by atoms with Crippen LogP contribution in [-0.4, -0.2) is 29.3 Å². The van der Waals surface area contributed by atoms with Crippen LogP contribution in [-0.2, 0) is 4.79 Å². The molecule has 0 aromatic heterocycles. The van der Waals surface area contributed by atoms with E-state index in [1.807, 2.05) is 0 Å². The Morgan fingerprint density at radius 2 is 2.00 bits per heavy atom. The van der Waals surface area contributed by atoms with Crippen molar-refractivity contribution in [3.8, 4) is 5.75 Å². The first kappa shape index (κ1) is 10.4. The van der Waals surface area contributed by atoms with Crippen molar-refractivity contribution in [3.63, 3.8) is 0 Å². The largest absolute Gasteiger partial charge is 0.506 e. The molecule has 2 N–H and O–H groups in total. The molecule has 1 aromatic carbocycles. The van der Waals surface area contributed by atoms with E-state index in [2.05, 4.69) is 0 Å². The number of anilines is 1. The smallest absolute Gasteiger partial charge is 0.326 e. The van der Waals surface area contributed by atoms with Crippen molar-refractivity contribution in [1.82, 2.24) is 0 Å². The number of carboxylic acid groups (broad SMARTS) is 1. The summed E-state index contributed by atoms with van der Waals surface area (Å²) in [4.78, 5) is 12.2. The number of phenolic OH excluding ortho intramolecular Hbond substituents is 1. The second-order valence-corrected chi connectivity index (χ2v) is 3.11. The molecule has 1 unspecified atom stereocenters. The van der Waals surface area contributed by atoms with E-state index in [1.54, 1.807) is 32.2 Å². The Balaban J connectivity index is 2.94. The first-order chi connectivity index (χ1) is 6.54. The predicted molar refractivity (Wildman–Crippen MR) is 53.6 cm³/mol. The van der Waals surface area contributed by atoms with Gasteiger partial charge in [-0.25, -0.2) is 4.79 Å². The molecule has 0 aliphatic carbocycles. The number of nitrogens with zero attached hydrogens (tertiary/aromatic N) is 1. The summed E-state index contributed by atoms with van der Waals surface area (Å²) in [6, 6.07) is 5.98. The Labute approximate surface area is 82.4 Å². The third kappa shape index (κ3) is 1.96. The number of likely N-dealkylation sites (N-methyl/N-ethyl adjacent to an activating group) is 1. The highest BCUT2D eigenvalue weighted by atomic mass is 16.4. The Kier molecular flexibility index (Phi) is 2.96. The van der Waals surface area contributed by atoms with Crippen molar-refractivity contribution in [2.24, 2.45) is 0 Å². The minimum Gasteiger partial charge on any atom is -0.506 e. The summed E-state index contributed by atoms with van der Waals surface area (Å²) >= 11 is 0. The highest BCUT2D eigenvalue weighted by molar-refractivity contribution is 5.78. The van der Waals surface area contributed by atoms with Crippen LogP contribution in [0.1, 0.15) is 6.92 Å². The van der Waals surface area contributed by atoms with Gasteiger partial charge >= 0.3 is 5.97 Å². The topological polar surface area (TPSA) is 60.8 Å². The summed E-state index contributed by atoms with van der Waals surface area (Å²) in [7, 11) is 1.63. The van der Waals surface area contributed by atoms with E-state index in [0.29, 0.717) is 5.69 Å². The summed E-state index contributed by atoms with van der Waals surface area (Å²) in [5.41, 5.74) is 0.516. The van der Waals surface area contributed by atoms with Crippen molar-refractivity contribution >= 4 is 11.7 Å². The van der Waals surface area contributed by atoms with Crippen molar-refractivity contribution < 1.29 is 15.0 Å². The van der Waals surface area contributed by atoms with E-state index in [4.69, 9.17) is 5.11 Å². The minimum absolute atomic E-state index is 0.0862. The number of para-hydroxylation sites is 2. The Morgan fingerprint density at radius 1 is 1.43 bits per heavy atom. The maximum absolute atomic E-state index is 10.7. The predicted octanol–water partition coefficient (Wildman–Crippen LogP) is 1.30. The van der Waals surface area contributed by atoms with Gasteiger partial charge in [0.05, 0.1) is 5.69 Å². The van der Waals surface area contributed by atoms with Gasteiger partial charge in [-0.15, -0.1) is 0 Å². The highest BCUT2D eigenvalue weighted by Gasteiger charge is 2.18. The lowest BCUT2D eigenvalue weighted by atomic mass is 10.2. The molecule has 0 fully saturated rings. The van der Waals surface area contributed by atoms with Gasteiger partial charge in [-0.05, 0) is 19.1 Å². The molecule has 0 heterocycles. The van der Waals surface area contributed by atoms with Gasteiger partial charge in [0.1, 0.15) is 11.8 Å². The lowest BCUT2D eigenvalue weighted by Gasteiger charge is -2.24. The minimum atomic E-state index is -0.921. The molecule has 0 radical (unpaired) electrons. The fourth-order valence-corrected chi connectivity index (χ4v) is 1.14. The van der Waals surface area contributed by atoms with E-state index < -0.39 is 12.0 Å². The average Bonchev–Trinajstić information content (AvgIpc) is 2.16. The van der Waals surface area contributed by atoms with Crippen LogP contribution < -0.4 is 4.90 Å². The second kappa shape index (κ2) is 4.00. The van der Waals surface area contributed by atoms with Crippen LogP contribution >= 0.6 is 0 Å². The van der Waals surface area contributed by atoms with Crippen molar-refractivity contribution in [1.29, 1.82) is 0 Å². The number of rotatable bonds is 3. The summed E-state index contributed by atoms with van der Waals surface area (Å²) in [6.45, 7) is 1.56. The third-order valence-electron chi connectivity index (χ3n) is 2.20. The highest BCUT2D eigenvalue weighted by Crippen LogP contribution is 2.26. The van der Waals surface area contributed by atoms with Crippen molar-refractivity contribution in [3.05, 3.63) is 24.3 Å². The van der Waals surface area contributed by atoms with Crippen molar-refractivity contribution in [2.75, 3.05) is 11.9 Å². The molecule has 1 atom stereocenters. The van der Waals surface area contributed by atoms with Crippen LogP contribution in [0.2, 0.25) is 0 Å². The zero-order valence-corrected chi connectivity index (χ0v) is 8.14. The summed E-state index contributed by atoms with van der Waals surface area (Å²) in [6.07, 6.45) is 0. The standard InChI is InChI=1S/C10H13NO3/c1-7(10(13)14)11(2)8-5-3-4-6-9(8)12/h3-7,12H,1-2H3,(H,13,14). The number of carbonyl (C=O) groups is 1. The van der Waals surface area contributed by atoms with E-state index in [0.717, 1.165) is 0 Å². The lowest BCUT2D eigenvalue weighted by molar-refractivity contribution is -0.138. The molecule has 76 valence electrons. The van der Waals surface area contributed by atoms with Crippen LogP contribution in [0.15, 0.2) is 24.3 Å². The Bertz CT molecular complexity index is 338. The maximum atomic E-state index is 10.7. The molecular formula is C10H13NO3. The van der Waals surface area contributed by atoms with Gasteiger partial charge in [-0.1, -0.05) is 12.1 Å². The molecule has 0 bridgehead atoms. The van der Waals surface area contributed by atoms with E-state index >= 15 is 0 Å². The fraction of sp³-hybridized carbons (Fsp3) is 0.300. The van der Waals surface area contributed by atoms with Gasteiger partial charge < -0.3 is 15.1 Å². The molecule has 1 rings (SSSR count). The molecule has 0 spiro atoms. The van der Waals surface area contributed by atoms with Crippen LogP contribution in [0, 0.1) is 0 Å². The fourth-order valence-electron chi connectivity index (χ4n) is 1.14. The zero-order chi connectivity index (χ0) is 10.7. The number of hydrogen-bond acceptors (Lipinski definition) is 3. The van der Waals surface area contributed by atoms with Crippen molar-refractivity contribution in [2.45, 2.75) is 13.0 Å². The van der Waals surface area contributed by atoms with Gasteiger partial charge in [0.15, 0.2) is 0 Å². The third-order valence-corrected chi connectivity index (χ3v) is 2.20. The molecular weight excluding hydrogens is 182 g/mol. The average molecular weight is 195 g/mol. The number of hydrogen-bond donors (Lipinski definition) is 2. The molecule has 0 saturated heterocycles. The van der Waals surface area contributed by atoms with Crippen LogP contribution in [0.5, 0.6) is 5.75 Å². The molecule has 1 aromatic rings. The van der Waals surface area contributed by atoms with Gasteiger partial charge in [0, 0.05) is 7.05 Å². The normalized spacial score (nSPS) is 12.1. The molecule has 14 heavy (non-hydrogen) atoms. The van der Waals surface area contributed by atoms with E-state index in [9.17, 15) is 9.90 Å². The molecule has 4 nitrogen and oxygen atoms in total. The first-order valence-corrected chi connectivity index (χ1v) is 4.27. The maximum Gasteiger partial charge on any atom is 0.326 e. The summed E-state index contributed by atoms with van der Waals surface area (Å²) in [5.74, 6) is -0.834. The summed E-state index contributed by atoms with van der Waals surface area (Å²) < 4.78 is 0. The number of phenols is 1. The molecule has 0 saturated carbocycles. The van der Waals surface area contributed by atoms with Gasteiger partial charge in [0.2, 0.25) is 0 Å². The Hall–Kier alpha value is -1.71. The molecule has 4 heteroatoms. The SMILES string of the molecule is CC(C(=O)O)N(C)c1ccccc1O.